The normalized spacial score (nSPS) is 17.5. The minimum absolute atomic E-state index is 0.0204. The van der Waals surface area contributed by atoms with E-state index in [0.29, 0.717) is 5.69 Å². The van der Waals surface area contributed by atoms with E-state index in [0.717, 1.165) is 16.7 Å². The lowest BCUT2D eigenvalue weighted by Gasteiger charge is -2.09. The SMILES string of the molecule is NC(=NO)c1nccnc1SCC1CCCC1. The van der Waals surface area contributed by atoms with E-state index >= 15 is 0 Å². The Balaban J connectivity index is 2.04. The van der Waals surface area contributed by atoms with Crippen molar-refractivity contribution in [2.24, 2.45) is 16.8 Å². The van der Waals surface area contributed by atoms with Gasteiger partial charge in [0.2, 0.25) is 0 Å². The Morgan fingerprint density at radius 2 is 2.12 bits per heavy atom. The summed E-state index contributed by atoms with van der Waals surface area (Å²) in [7, 11) is 0. The van der Waals surface area contributed by atoms with Crippen LogP contribution in [0.15, 0.2) is 22.6 Å². The van der Waals surface area contributed by atoms with Gasteiger partial charge in [-0.3, -0.25) is 0 Å². The van der Waals surface area contributed by atoms with E-state index in [-0.39, 0.29) is 5.84 Å². The lowest BCUT2D eigenvalue weighted by Crippen LogP contribution is -2.17. The highest BCUT2D eigenvalue weighted by Gasteiger charge is 2.17. The molecule has 0 bridgehead atoms. The molecule has 0 radical (unpaired) electrons. The minimum Gasteiger partial charge on any atom is -0.409 e. The molecule has 0 amide bonds. The largest absolute Gasteiger partial charge is 0.409 e. The van der Waals surface area contributed by atoms with Gasteiger partial charge in [-0.2, -0.15) is 0 Å². The number of hydrogen-bond acceptors (Lipinski definition) is 5. The zero-order chi connectivity index (χ0) is 12.1. The van der Waals surface area contributed by atoms with Crippen molar-refractivity contribution in [3.63, 3.8) is 0 Å². The Morgan fingerprint density at radius 3 is 2.82 bits per heavy atom. The molecule has 0 aliphatic heterocycles. The van der Waals surface area contributed by atoms with Crippen molar-refractivity contribution in [3.05, 3.63) is 18.1 Å². The van der Waals surface area contributed by atoms with Crippen LogP contribution < -0.4 is 5.73 Å². The molecule has 1 aromatic rings. The summed E-state index contributed by atoms with van der Waals surface area (Å²) < 4.78 is 0. The summed E-state index contributed by atoms with van der Waals surface area (Å²) >= 11 is 1.64. The quantitative estimate of drug-likeness (QED) is 0.281. The van der Waals surface area contributed by atoms with Crippen LogP contribution in [0.2, 0.25) is 0 Å². The highest BCUT2D eigenvalue weighted by molar-refractivity contribution is 7.99. The Kier molecular flexibility index (Phi) is 4.19. The van der Waals surface area contributed by atoms with Gasteiger partial charge in [-0.25, -0.2) is 9.97 Å². The van der Waals surface area contributed by atoms with Crippen LogP contribution in [0.1, 0.15) is 31.4 Å². The van der Waals surface area contributed by atoms with Crippen LogP contribution in [0.4, 0.5) is 0 Å². The molecule has 0 spiro atoms. The minimum atomic E-state index is 0.0204. The monoisotopic (exact) mass is 252 g/mol. The van der Waals surface area contributed by atoms with E-state index in [1.807, 2.05) is 0 Å². The van der Waals surface area contributed by atoms with Crippen LogP contribution in [0.25, 0.3) is 0 Å². The summed E-state index contributed by atoms with van der Waals surface area (Å²) in [5, 5.41) is 12.4. The standard InChI is InChI=1S/C11H16N4OS/c12-10(15-16)9-11(14-6-5-13-9)17-7-8-3-1-2-4-8/h5-6,8,16H,1-4,7H2,(H2,12,15). The summed E-state index contributed by atoms with van der Waals surface area (Å²) in [5.41, 5.74) is 6.03. The first-order valence-electron chi connectivity index (χ1n) is 5.73. The van der Waals surface area contributed by atoms with Gasteiger partial charge in [0.1, 0.15) is 10.7 Å². The van der Waals surface area contributed by atoms with Gasteiger partial charge in [-0.15, -0.1) is 11.8 Å². The summed E-state index contributed by atoms with van der Waals surface area (Å²) in [6.07, 6.45) is 8.44. The molecule has 92 valence electrons. The molecule has 1 aliphatic rings. The number of oxime groups is 1. The third kappa shape index (κ3) is 3.09. The topological polar surface area (TPSA) is 84.4 Å². The van der Waals surface area contributed by atoms with Crippen molar-refractivity contribution in [3.8, 4) is 0 Å². The molecule has 3 N–H and O–H groups in total. The molecule has 6 heteroatoms. The van der Waals surface area contributed by atoms with E-state index < -0.39 is 0 Å². The number of rotatable bonds is 4. The molecule has 1 aromatic heterocycles. The Bertz CT molecular complexity index is 404. The zero-order valence-electron chi connectivity index (χ0n) is 9.54. The fourth-order valence-electron chi connectivity index (χ4n) is 2.03. The van der Waals surface area contributed by atoms with Crippen molar-refractivity contribution in [1.29, 1.82) is 0 Å². The van der Waals surface area contributed by atoms with Gasteiger partial charge in [0, 0.05) is 18.1 Å². The van der Waals surface area contributed by atoms with Crippen LogP contribution in [0.5, 0.6) is 0 Å². The molecule has 1 fully saturated rings. The Labute approximate surface area is 105 Å². The number of nitrogens with two attached hydrogens (primary N) is 1. The lowest BCUT2D eigenvalue weighted by molar-refractivity contribution is 0.318. The molecule has 1 heterocycles. The van der Waals surface area contributed by atoms with Gasteiger partial charge in [0.05, 0.1) is 0 Å². The molecule has 1 aliphatic carbocycles. The number of hydrogen-bond donors (Lipinski definition) is 2. The lowest BCUT2D eigenvalue weighted by atomic mass is 10.1. The van der Waals surface area contributed by atoms with Gasteiger partial charge in [-0.05, 0) is 18.8 Å². The predicted molar refractivity (Wildman–Crippen MR) is 67.2 cm³/mol. The number of nitrogens with zero attached hydrogens (tertiary/aromatic N) is 3. The van der Waals surface area contributed by atoms with E-state index in [1.165, 1.54) is 25.7 Å². The second-order valence-corrected chi connectivity index (χ2v) is 5.17. The van der Waals surface area contributed by atoms with Crippen molar-refractivity contribution in [2.75, 3.05) is 5.75 Å². The van der Waals surface area contributed by atoms with Crippen molar-refractivity contribution < 1.29 is 5.21 Å². The first-order valence-corrected chi connectivity index (χ1v) is 6.71. The van der Waals surface area contributed by atoms with E-state index in [4.69, 9.17) is 10.9 Å². The average Bonchev–Trinajstić information content (AvgIpc) is 2.89. The van der Waals surface area contributed by atoms with E-state index in [9.17, 15) is 0 Å². The average molecular weight is 252 g/mol. The molecular formula is C11H16N4OS. The maximum atomic E-state index is 8.68. The maximum absolute atomic E-state index is 8.68. The maximum Gasteiger partial charge on any atom is 0.191 e. The molecule has 1 saturated carbocycles. The van der Waals surface area contributed by atoms with Gasteiger partial charge in [0.15, 0.2) is 5.84 Å². The fraction of sp³-hybridized carbons (Fsp3) is 0.545. The molecular weight excluding hydrogens is 236 g/mol. The van der Waals surface area contributed by atoms with Crippen LogP contribution in [0, 0.1) is 5.92 Å². The zero-order valence-corrected chi connectivity index (χ0v) is 10.4. The number of amidine groups is 1. The molecule has 0 saturated heterocycles. The van der Waals surface area contributed by atoms with E-state index in [2.05, 4.69) is 15.1 Å². The van der Waals surface area contributed by atoms with Crippen molar-refractivity contribution in [1.82, 2.24) is 9.97 Å². The smallest absolute Gasteiger partial charge is 0.191 e. The van der Waals surface area contributed by atoms with Crippen molar-refractivity contribution >= 4 is 17.6 Å². The summed E-state index contributed by atoms with van der Waals surface area (Å²) in [6, 6.07) is 0. The molecule has 0 aromatic carbocycles. The second-order valence-electron chi connectivity index (χ2n) is 4.16. The highest BCUT2D eigenvalue weighted by atomic mass is 32.2. The van der Waals surface area contributed by atoms with Crippen LogP contribution >= 0.6 is 11.8 Å². The van der Waals surface area contributed by atoms with Gasteiger partial charge in [0.25, 0.3) is 0 Å². The van der Waals surface area contributed by atoms with E-state index in [1.54, 1.807) is 24.2 Å². The third-order valence-corrected chi connectivity index (χ3v) is 4.16. The highest BCUT2D eigenvalue weighted by Crippen LogP contribution is 2.30. The van der Waals surface area contributed by atoms with Gasteiger partial charge < -0.3 is 10.9 Å². The van der Waals surface area contributed by atoms with Crippen LogP contribution in [0.3, 0.4) is 0 Å². The molecule has 5 nitrogen and oxygen atoms in total. The molecule has 17 heavy (non-hydrogen) atoms. The van der Waals surface area contributed by atoms with Crippen LogP contribution in [-0.4, -0.2) is 26.8 Å². The van der Waals surface area contributed by atoms with Gasteiger partial charge >= 0.3 is 0 Å². The van der Waals surface area contributed by atoms with Gasteiger partial charge in [-0.1, -0.05) is 18.0 Å². The predicted octanol–water partition coefficient (Wildman–Crippen LogP) is 1.85. The number of aromatic nitrogens is 2. The molecule has 0 atom stereocenters. The Hall–Kier alpha value is -1.30. The fourth-order valence-corrected chi connectivity index (χ4v) is 3.18. The molecule has 0 unspecified atom stereocenters. The van der Waals surface area contributed by atoms with Crippen LogP contribution in [-0.2, 0) is 0 Å². The summed E-state index contributed by atoms with van der Waals surface area (Å²) in [6.45, 7) is 0. The first-order chi connectivity index (χ1) is 8.31. The first kappa shape index (κ1) is 12.2. The molecule has 2 rings (SSSR count). The second kappa shape index (κ2) is 5.86. The Morgan fingerprint density at radius 1 is 1.41 bits per heavy atom. The number of thioether (sulfide) groups is 1. The van der Waals surface area contributed by atoms with Crippen molar-refractivity contribution in [2.45, 2.75) is 30.7 Å². The third-order valence-electron chi connectivity index (χ3n) is 2.95. The summed E-state index contributed by atoms with van der Waals surface area (Å²) in [5.74, 6) is 1.82. The summed E-state index contributed by atoms with van der Waals surface area (Å²) in [4.78, 5) is 8.33.